The summed E-state index contributed by atoms with van der Waals surface area (Å²) in [6.45, 7) is 1.52. The normalized spacial score (nSPS) is 10.6. The topological polar surface area (TPSA) is 68.5 Å². The smallest absolute Gasteiger partial charge is 0.336 e. The van der Waals surface area contributed by atoms with Gasteiger partial charge < -0.3 is 14.4 Å². The molecule has 1 aromatic heterocycles. The molecule has 94 valence electrons. The van der Waals surface area contributed by atoms with E-state index >= 15 is 0 Å². The zero-order valence-corrected chi connectivity index (χ0v) is 10.4. The van der Waals surface area contributed by atoms with Gasteiger partial charge in [-0.3, -0.25) is 4.79 Å². The highest BCUT2D eigenvalue weighted by atomic mass is 16.5. The predicted octanol–water partition coefficient (Wildman–Crippen LogP) is 1.55. The molecule has 2 rings (SSSR count). The minimum absolute atomic E-state index is 0.0343. The van der Waals surface area contributed by atoms with Crippen molar-refractivity contribution in [3.8, 4) is 5.75 Å². The number of pyridine rings is 1. The van der Waals surface area contributed by atoms with Gasteiger partial charge in [-0.1, -0.05) is 0 Å². The Morgan fingerprint density at radius 1 is 1.39 bits per heavy atom. The molecule has 0 fully saturated rings. The Balaban J connectivity index is 3.03. The average Bonchev–Trinajstić information content (AvgIpc) is 2.35. The molecule has 0 unspecified atom stereocenters. The first kappa shape index (κ1) is 12.2. The molecule has 0 saturated carbocycles. The van der Waals surface area contributed by atoms with Gasteiger partial charge in [0.2, 0.25) is 0 Å². The predicted molar refractivity (Wildman–Crippen MR) is 67.4 cm³/mol. The molecule has 0 aliphatic carbocycles. The summed E-state index contributed by atoms with van der Waals surface area (Å²) < 4.78 is 6.53. The van der Waals surface area contributed by atoms with E-state index in [9.17, 15) is 14.7 Å². The molecule has 1 N–H and O–H groups in total. The summed E-state index contributed by atoms with van der Waals surface area (Å²) in [6.07, 6.45) is 0. The number of carbonyl (C=O) groups is 1. The van der Waals surface area contributed by atoms with Crippen LogP contribution in [0.25, 0.3) is 10.9 Å². The third kappa shape index (κ3) is 1.64. The molecular formula is C13H13NO4. The van der Waals surface area contributed by atoms with E-state index in [1.54, 1.807) is 25.2 Å². The first-order chi connectivity index (χ1) is 8.47. The molecule has 0 bridgehead atoms. The van der Waals surface area contributed by atoms with Gasteiger partial charge in [0.1, 0.15) is 5.75 Å². The number of aromatic carboxylic acids is 1. The first-order valence-electron chi connectivity index (χ1n) is 5.38. The Morgan fingerprint density at radius 2 is 2.06 bits per heavy atom. The lowest BCUT2D eigenvalue weighted by Gasteiger charge is -2.11. The van der Waals surface area contributed by atoms with Crippen molar-refractivity contribution in [1.82, 2.24) is 4.57 Å². The van der Waals surface area contributed by atoms with Crippen molar-refractivity contribution in [2.45, 2.75) is 6.92 Å². The molecule has 1 heterocycles. The summed E-state index contributed by atoms with van der Waals surface area (Å²) in [5, 5.41) is 9.75. The molecule has 0 spiro atoms. The maximum absolute atomic E-state index is 11.9. The van der Waals surface area contributed by atoms with Crippen molar-refractivity contribution in [1.29, 1.82) is 0 Å². The fourth-order valence-electron chi connectivity index (χ4n) is 2.08. The molecule has 1 aromatic carbocycles. The number of aryl methyl sites for hydroxylation is 1. The van der Waals surface area contributed by atoms with Crippen LogP contribution in [0.3, 0.4) is 0 Å². The number of nitrogens with zero attached hydrogens (tertiary/aromatic N) is 1. The van der Waals surface area contributed by atoms with Crippen LogP contribution in [0, 0.1) is 6.92 Å². The second-order valence-corrected chi connectivity index (χ2v) is 4.05. The van der Waals surface area contributed by atoms with Crippen LogP contribution in [0.4, 0.5) is 0 Å². The molecule has 0 aliphatic heterocycles. The van der Waals surface area contributed by atoms with E-state index in [-0.39, 0.29) is 16.7 Å². The van der Waals surface area contributed by atoms with Crippen LogP contribution in [-0.4, -0.2) is 22.8 Å². The molecule has 0 saturated heterocycles. The summed E-state index contributed by atoms with van der Waals surface area (Å²) >= 11 is 0. The SMILES string of the molecule is COc1ccc2c(c1)c(C(=O)O)c(C)c(=O)n2C. The quantitative estimate of drug-likeness (QED) is 0.874. The number of methoxy groups -OCH3 is 1. The second-order valence-electron chi connectivity index (χ2n) is 4.05. The van der Waals surface area contributed by atoms with Crippen LogP contribution in [0.5, 0.6) is 5.75 Å². The third-order valence-corrected chi connectivity index (χ3v) is 3.05. The molecule has 0 atom stereocenters. The van der Waals surface area contributed by atoms with Gasteiger partial charge in [0.25, 0.3) is 5.56 Å². The van der Waals surface area contributed by atoms with Gasteiger partial charge in [0.15, 0.2) is 0 Å². The third-order valence-electron chi connectivity index (χ3n) is 3.05. The van der Waals surface area contributed by atoms with E-state index in [0.29, 0.717) is 16.7 Å². The van der Waals surface area contributed by atoms with Crippen molar-refractivity contribution in [3.63, 3.8) is 0 Å². The Morgan fingerprint density at radius 3 is 2.61 bits per heavy atom. The summed E-state index contributed by atoms with van der Waals surface area (Å²) in [5.41, 5.74) is 0.534. The standard InChI is InChI=1S/C13H13NO4/c1-7-11(13(16)17)9-6-8(18-3)4-5-10(9)14(2)12(7)15/h4-6H,1-3H3,(H,16,17). The molecule has 18 heavy (non-hydrogen) atoms. The summed E-state index contributed by atoms with van der Waals surface area (Å²) in [6, 6.07) is 5.01. The van der Waals surface area contributed by atoms with Gasteiger partial charge in [-0.05, 0) is 25.1 Å². The Hall–Kier alpha value is -2.30. The lowest BCUT2D eigenvalue weighted by Crippen LogP contribution is -2.23. The summed E-state index contributed by atoms with van der Waals surface area (Å²) in [4.78, 5) is 23.2. The van der Waals surface area contributed by atoms with Gasteiger partial charge in [0, 0.05) is 18.0 Å². The van der Waals surface area contributed by atoms with Crippen LogP contribution in [0.1, 0.15) is 15.9 Å². The second kappa shape index (κ2) is 4.18. The van der Waals surface area contributed by atoms with E-state index in [2.05, 4.69) is 0 Å². The largest absolute Gasteiger partial charge is 0.497 e. The Labute approximate surface area is 103 Å². The maximum atomic E-state index is 11.9. The van der Waals surface area contributed by atoms with E-state index < -0.39 is 5.97 Å². The van der Waals surface area contributed by atoms with Crippen LogP contribution >= 0.6 is 0 Å². The van der Waals surface area contributed by atoms with Gasteiger partial charge in [-0.2, -0.15) is 0 Å². The number of rotatable bonds is 2. The number of hydrogen-bond donors (Lipinski definition) is 1. The van der Waals surface area contributed by atoms with Crippen molar-refractivity contribution in [2.24, 2.45) is 7.05 Å². The maximum Gasteiger partial charge on any atom is 0.336 e. The molecule has 0 aliphatic rings. The minimum atomic E-state index is -1.11. The molecule has 5 nitrogen and oxygen atoms in total. The number of carboxylic acid groups (broad SMARTS) is 1. The van der Waals surface area contributed by atoms with E-state index in [0.717, 1.165) is 0 Å². The van der Waals surface area contributed by atoms with Crippen LogP contribution in [0.15, 0.2) is 23.0 Å². The van der Waals surface area contributed by atoms with Crippen LogP contribution in [-0.2, 0) is 7.05 Å². The first-order valence-corrected chi connectivity index (χ1v) is 5.38. The van der Waals surface area contributed by atoms with E-state index in [1.807, 2.05) is 0 Å². The fourth-order valence-corrected chi connectivity index (χ4v) is 2.08. The van der Waals surface area contributed by atoms with Crippen molar-refractivity contribution < 1.29 is 14.6 Å². The Bertz CT molecular complexity index is 700. The van der Waals surface area contributed by atoms with Gasteiger partial charge in [0.05, 0.1) is 18.2 Å². The van der Waals surface area contributed by atoms with Crippen LogP contribution in [0.2, 0.25) is 0 Å². The highest BCUT2D eigenvalue weighted by molar-refractivity contribution is 6.04. The number of ether oxygens (including phenoxy) is 1. The molecule has 0 radical (unpaired) electrons. The van der Waals surface area contributed by atoms with Crippen molar-refractivity contribution in [3.05, 3.63) is 39.7 Å². The molecule has 2 aromatic rings. The number of carboxylic acids is 1. The highest BCUT2D eigenvalue weighted by Gasteiger charge is 2.17. The monoisotopic (exact) mass is 247 g/mol. The van der Waals surface area contributed by atoms with E-state index in [1.165, 1.54) is 18.6 Å². The number of hydrogen-bond acceptors (Lipinski definition) is 3. The lowest BCUT2D eigenvalue weighted by atomic mass is 10.0. The zero-order chi connectivity index (χ0) is 13.4. The molecular weight excluding hydrogens is 234 g/mol. The number of aromatic nitrogens is 1. The van der Waals surface area contributed by atoms with Crippen LogP contribution < -0.4 is 10.3 Å². The zero-order valence-electron chi connectivity index (χ0n) is 10.4. The average molecular weight is 247 g/mol. The van der Waals surface area contributed by atoms with Gasteiger partial charge >= 0.3 is 5.97 Å². The Kier molecular flexibility index (Phi) is 2.82. The summed E-state index contributed by atoms with van der Waals surface area (Å²) in [5.74, 6) is -0.550. The minimum Gasteiger partial charge on any atom is -0.497 e. The molecule has 0 amide bonds. The summed E-state index contributed by atoms with van der Waals surface area (Å²) in [7, 11) is 3.13. The van der Waals surface area contributed by atoms with E-state index in [4.69, 9.17) is 4.74 Å². The van der Waals surface area contributed by atoms with Gasteiger partial charge in [-0.25, -0.2) is 4.79 Å². The van der Waals surface area contributed by atoms with Crippen molar-refractivity contribution in [2.75, 3.05) is 7.11 Å². The number of fused-ring (bicyclic) bond motifs is 1. The van der Waals surface area contributed by atoms with Crippen molar-refractivity contribution >= 4 is 16.9 Å². The fraction of sp³-hybridized carbons (Fsp3) is 0.231. The molecule has 5 heteroatoms. The number of benzene rings is 1. The lowest BCUT2D eigenvalue weighted by molar-refractivity contribution is 0.0698. The van der Waals surface area contributed by atoms with Gasteiger partial charge in [-0.15, -0.1) is 0 Å². The highest BCUT2D eigenvalue weighted by Crippen LogP contribution is 2.24.